The van der Waals surface area contributed by atoms with Crippen LogP contribution in [0, 0.1) is 5.92 Å². The molecule has 0 bridgehead atoms. The molecule has 0 amide bonds. The second kappa shape index (κ2) is 5.03. The van der Waals surface area contributed by atoms with Crippen LogP contribution in [0.1, 0.15) is 19.8 Å². The average molecular weight is 206 g/mol. The maximum absolute atomic E-state index is 12.8. The average Bonchev–Trinajstić information content (AvgIpc) is 2.02. The second-order valence-electron chi connectivity index (χ2n) is 4.37. The molecule has 1 aliphatic rings. The van der Waals surface area contributed by atoms with Crippen molar-refractivity contribution < 1.29 is 8.78 Å². The van der Waals surface area contributed by atoms with Crippen LogP contribution in [0.2, 0.25) is 0 Å². The molecule has 1 atom stereocenters. The lowest BCUT2D eigenvalue weighted by molar-refractivity contribution is -0.0241. The van der Waals surface area contributed by atoms with Crippen LogP contribution in [0.15, 0.2) is 0 Å². The molecule has 1 unspecified atom stereocenters. The Hall–Kier alpha value is -0.220. The van der Waals surface area contributed by atoms with E-state index in [2.05, 4.69) is 5.32 Å². The smallest absolute Gasteiger partial charge is 0.257 e. The summed E-state index contributed by atoms with van der Waals surface area (Å²) in [5.74, 6) is -2.02. The fraction of sp³-hybridized carbons (Fsp3) is 1.00. The SMILES string of the molecule is CNCC1CCCN(CC(C)(F)F)C1. The Morgan fingerprint density at radius 3 is 2.79 bits per heavy atom. The molecule has 1 saturated heterocycles. The van der Waals surface area contributed by atoms with Crippen molar-refractivity contribution in [2.75, 3.05) is 33.2 Å². The van der Waals surface area contributed by atoms with Gasteiger partial charge in [0.05, 0.1) is 6.54 Å². The van der Waals surface area contributed by atoms with E-state index >= 15 is 0 Å². The molecule has 0 aromatic rings. The molecule has 1 fully saturated rings. The number of rotatable bonds is 4. The van der Waals surface area contributed by atoms with Crippen molar-refractivity contribution in [1.82, 2.24) is 10.2 Å². The number of hydrogen-bond donors (Lipinski definition) is 1. The van der Waals surface area contributed by atoms with Gasteiger partial charge in [0.1, 0.15) is 0 Å². The van der Waals surface area contributed by atoms with Crippen LogP contribution >= 0.6 is 0 Å². The quantitative estimate of drug-likeness (QED) is 0.751. The summed E-state index contributed by atoms with van der Waals surface area (Å²) in [6.45, 7) is 3.47. The van der Waals surface area contributed by atoms with Crippen molar-refractivity contribution in [2.45, 2.75) is 25.7 Å². The van der Waals surface area contributed by atoms with E-state index in [1.54, 1.807) is 0 Å². The van der Waals surface area contributed by atoms with Crippen LogP contribution in [-0.2, 0) is 0 Å². The van der Waals surface area contributed by atoms with Crippen LogP contribution in [0.3, 0.4) is 0 Å². The molecule has 2 nitrogen and oxygen atoms in total. The zero-order valence-corrected chi connectivity index (χ0v) is 9.02. The first kappa shape index (κ1) is 11.9. The Morgan fingerprint density at radius 1 is 1.50 bits per heavy atom. The van der Waals surface area contributed by atoms with Crippen LogP contribution < -0.4 is 5.32 Å². The first-order valence-electron chi connectivity index (χ1n) is 5.26. The summed E-state index contributed by atoms with van der Waals surface area (Å²) < 4.78 is 25.5. The Bertz CT molecular complexity index is 166. The Labute approximate surface area is 84.7 Å². The van der Waals surface area contributed by atoms with Gasteiger partial charge in [0, 0.05) is 13.5 Å². The van der Waals surface area contributed by atoms with Gasteiger partial charge in [-0.3, -0.25) is 4.90 Å². The maximum atomic E-state index is 12.8. The molecule has 0 spiro atoms. The maximum Gasteiger partial charge on any atom is 0.257 e. The second-order valence-corrected chi connectivity index (χ2v) is 4.37. The molecule has 0 radical (unpaired) electrons. The van der Waals surface area contributed by atoms with Crippen molar-refractivity contribution in [3.63, 3.8) is 0 Å². The van der Waals surface area contributed by atoms with Crippen LogP contribution in [0.4, 0.5) is 8.78 Å². The van der Waals surface area contributed by atoms with Gasteiger partial charge < -0.3 is 5.32 Å². The summed E-state index contributed by atoms with van der Waals surface area (Å²) in [6.07, 6.45) is 2.20. The van der Waals surface area contributed by atoms with Crippen molar-refractivity contribution in [3.8, 4) is 0 Å². The van der Waals surface area contributed by atoms with E-state index in [0.717, 1.165) is 39.4 Å². The van der Waals surface area contributed by atoms with Crippen LogP contribution in [-0.4, -0.2) is 44.0 Å². The molecular formula is C10H20F2N2. The van der Waals surface area contributed by atoms with Gasteiger partial charge in [-0.05, 0) is 38.9 Å². The van der Waals surface area contributed by atoms with Gasteiger partial charge in [-0.15, -0.1) is 0 Å². The molecule has 4 heteroatoms. The lowest BCUT2D eigenvalue weighted by Crippen LogP contribution is -2.43. The number of halogens is 2. The largest absolute Gasteiger partial charge is 0.319 e. The lowest BCUT2D eigenvalue weighted by atomic mass is 9.98. The minimum atomic E-state index is -2.55. The van der Waals surface area contributed by atoms with Gasteiger partial charge in [0.25, 0.3) is 5.92 Å². The van der Waals surface area contributed by atoms with Gasteiger partial charge in [0.2, 0.25) is 0 Å². The van der Waals surface area contributed by atoms with Crippen molar-refractivity contribution in [2.24, 2.45) is 5.92 Å². The minimum Gasteiger partial charge on any atom is -0.319 e. The molecule has 0 aromatic carbocycles. The number of nitrogens with one attached hydrogen (secondary N) is 1. The summed E-state index contributed by atoms with van der Waals surface area (Å²) in [4.78, 5) is 1.88. The summed E-state index contributed by atoms with van der Waals surface area (Å²) >= 11 is 0. The number of nitrogens with zero attached hydrogens (tertiary/aromatic N) is 1. The van der Waals surface area contributed by atoms with E-state index in [1.165, 1.54) is 0 Å². The zero-order chi connectivity index (χ0) is 10.6. The van der Waals surface area contributed by atoms with Crippen LogP contribution in [0.25, 0.3) is 0 Å². The summed E-state index contributed by atoms with van der Waals surface area (Å²) in [7, 11) is 1.91. The van der Waals surface area contributed by atoms with Gasteiger partial charge in [-0.25, -0.2) is 8.78 Å². The number of piperidine rings is 1. The summed E-state index contributed by atoms with van der Waals surface area (Å²) in [5.41, 5.74) is 0. The van der Waals surface area contributed by atoms with E-state index in [0.29, 0.717) is 5.92 Å². The molecule has 0 saturated carbocycles. The number of hydrogen-bond acceptors (Lipinski definition) is 2. The predicted octanol–water partition coefficient (Wildman–Crippen LogP) is 1.57. The van der Waals surface area contributed by atoms with Crippen molar-refractivity contribution >= 4 is 0 Å². The molecule has 1 heterocycles. The van der Waals surface area contributed by atoms with Gasteiger partial charge in [-0.2, -0.15) is 0 Å². The Balaban J connectivity index is 2.32. The molecule has 84 valence electrons. The molecule has 0 aliphatic carbocycles. The third kappa shape index (κ3) is 4.33. The standard InChI is InChI=1S/C10H20F2N2/c1-10(11,12)8-14-5-3-4-9(7-14)6-13-2/h9,13H,3-8H2,1-2H3. The number of likely N-dealkylation sites (tertiary alicyclic amines) is 1. The van der Waals surface area contributed by atoms with Crippen LogP contribution in [0.5, 0.6) is 0 Å². The van der Waals surface area contributed by atoms with Gasteiger partial charge >= 0.3 is 0 Å². The number of alkyl halides is 2. The molecule has 1 N–H and O–H groups in total. The van der Waals surface area contributed by atoms with Crippen molar-refractivity contribution in [3.05, 3.63) is 0 Å². The first-order chi connectivity index (χ1) is 6.51. The normalized spacial score (nSPS) is 25.3. The monoisotopic (exact) mass is 206 g/mol. The van der Waals surface area contributed by atoms with E-state index < -0.39 is 5.92 Å². The van der Waals surface area contributed by atoms with E-state index in [-0.39, 0.29) is 6.54 Å². The molecule has 1 rings (SSSR count). The fourth-order valence-corrected chi connectivity index (χ4v) is 2.14. The van der Waals surface area contributed by atoms with E-state index in [1.807, 2.05) is 11.9 Å². The molecule has 14 heavy (non-hydrogen) atoms. The lowest BCUT2D eigenvalue weighted by Gasteiger charge is -2.33. The minimum absolute atomic E-state index is 0.0901. The third-order valence-corrected chi connectivity index (χ3v) is 2.60. The highest BCUT2D eigenvalue weighted by atomic mass is 19.3. The third-order valence-electron chi connectivity index (χ3n) is 2.60. The molecular weight excluding hydrogens is 186 g/mol. The van der Waals surface area contributed by atoms with Crippen molar-refractivity contribution in [1.29, 1.82) is 0 Å². The Morgan fingerprint density at radius 2 is 2.21 bits per heavy atom. The predicted molar refractivity (Wildman–Crippen MR) is 53.7 cm³/mol. The Kier molecular flexibility index (Phi) is 4.26. The van der Waals surface area contributed by atoms with Gasteiger partial charge in [0.15, 0.2) is 0 Å². The van der Waals surface area contributed by atoms with Gasteiger partial charge in [-0.1, -0.05) is 0 Å². The summed E-state index contributed by atoms with van der Waals surface area (Å²) in [5, 5.41) is 3.11. The molecule has 1 aliphatic heterocycles. The zero-order valence-electron chi connectivity index (χ0n) is 9.02. The highest BCUT2D eigenvalue weighted by molar-refractivity contribution is 4.77. The molecule has 0 aromatic heterocycles. The van der Waals surface area contributed by atoms with E-state index in [4.69, 9.17) is 0 Å². The fourth-order valence-electron chi connectivity index (χ4n) is 2.14. The highest BCUT2D eigenvalue weighted by Gasteiger charge is 2.28. The first-order valence-corrected chi connectivity index (χ1v) is 5.26. The van der Waals surface area contributed by atoms with E-state index in [9.17, 15) is 8.78 Å². The topological polar surface area (TPSA) is 15.3 Å². The summed E-state index contributed by atoms with van der Waals surface area (Å²) in [6, 6.07) is 0. The highest BCUT2D eigenvalue weighted by Crippen LogP contribution is 2.20.